The summed E-state index contributed by atoms with van der Waals surface area (Å²) in [4.78, 5) is 20.2. The number of benzene rings is 2. The maximum absolute atomic E-state index is 13.6. The predicted molar refractivity (Wildman–Crippen MR) is 90.1 cm³/mol. The first-order valence-corrected chi connectivity index (χ1v) is 7.59. The molecule has 2 aromatic carbocycles. The average molecular weight is 358 g/mol. The SMILES string of the molecule is O=C(Nc1ccc(F)cc1F)c1ccnc(NCc2ccc(F)cc2)n1. The molecule has 0 aliphatic heterocycles. The summed E-state index contributed by atoms with van der Waals surface area (Å²) >= 11 is 0. The molecule has 0 radical (unpaired) electrons. The summed E-state index contributed by atoms with van der Waals surface area (Å²) in [5, 5.41) is 5.23. The molecule has 26 heavy (non-hydrogen) atoms. The molecule has 8 heteroatoms. The molecule has 0 bridgehead atoms. The van der Waals surface area contributed by atoms with Crippen molar-refractivity contribution in [1.82, 2.24) is 9.97 Å². The molecular weight excluding hydrogens is 345 g/mol. The second-order valence-electron chi connectivity index (χ2n) is 5.32. The molecule has 0 aliphatic rings. The van der Waals surface area contributed by atoms with Crippen molar-refractivity contribution in [2.75, 3.05) is 10.6 Å². The summed E-state index contributed by atoms with van der Waals surface area (Å²) in [6.07, 6.45) is 1.37. The summed E-state index contributed by atoms with van der Waals surface area (Å²) in [5.74, 6) is -2.45. The van der Waals surface area contributed by atoms with Gasteiger partial charge in [0.1, 0.15) is 23.1 Å². The topological polar surface area (TPSA) is 66.9 Å². The fourth-order valence-electron chi connectivity index (χ4n) is 2.13. The highest BCUT2D eigenvalue weighted by molar-refractivity contribution is 6.03. The van der Waals surface area contributed by atoms with Crippen molar-refractivity contribution in [3.05, 3.63) is 83.4 Å². The van der Waals surface area contributed by atoms with Crippen molar-refractivity contribution in [3.63, 3.8) is 0 Å². The van der Waals surface area contributed by atoms with Gasteiger partial charge in [-0.05, 0) is 35.9 Å². The quantitative estimate of drug-likeness (QED) is 0.729. The Kier molecular flexibility index (Phi) is 5.12. The van der Waals surface area contributed by atoms with Crippen LogP contribution in [0.25, 0.3) is 0 Å². The second kappa shape index (κ2) is 7.64. The van der Waals surface area contributed by atoms with E-state index in [0.29, 0.717) is 12.6 Å². The van der Waals surface area contributed by atoms with Gasteiger partial charge in [-0.3, -0.25) is 4.79 Å². The predicted octanol–water partition coefficient (Wildman–Crippen LogP) is 3.76. The van der Waals surface area contributed by atoms with Crippen LogP contribution in [0.15, 0.2) is 54.7 Å². The van der Waals surface area contributed by atoms with E-state index in [0.717, 1.165) is 17.7 Å². The Bertz CT molecular complexity index is 932. The minimum Gasteiger partial charge on any atom is -0.350 e. The van der Waals surface area contributed by atoms with Gasteiger partial charge in [-0.2, -0.15) is 0 Å². The highest BCUT2D eigenvalue weighted by Gasteiger charge is 2.12. The molecular formula is C18H13F3N4O. The normalized spacial score (nSPS) is 10.4. The molecule has 132 valence electrons. The fourth-order valence-corrected chi connectivity index (χ4v) is 2.13. The van der Waals surface area contributed by atoms with Crippen LogP contribution in [0.4, 0.5) is 24.8 Å². The number of amides is 1. The molecule has 1 amide bonds. The third-order valence-corrected chi connectivity index (χ3v) is 3.43. The number of rotatable bonds is 5. The Balaban J connectivity index is 1.67. The van der Waals surface area contributed by atoms with Crippen molar-refractivity contribution in [2.45, 2.75) is 6.54 Å². The molecule has 0 unspecified atom stereocenters. The van der Waals surface area contributed by atoms with Gasteiger partial charge in [-0.1, -0.05) is 12.1 Å². The largest absolute Gasteiger partial charge is 0.350 e. The molecule has 0 atom stereocenters. The third-order valence-electron chi connectivity index (χ3n) is 3.43. The van der Waals surface area contributed by atoms with Gasteiger partial charge in [0.2, 0.25) is 5.95 Å². The lowest BCUT2D eigenvalue weighted by Gasteiger charge is -2.08. The minimum atomic E-state index is -0.887. The molecule has 1 aromatic heterocycles. The molecule has 0 saturated carbocycles. The Labute approximate surface area is 146 Å². The number of nitrogens with zero attached hydrogens (tertiary/aromatic N) is 2. The van der Waals surface area contributed by atoms with Crippen LogP contribution in [0.5, 0.6) is 0 Å². The number of anilines is 2. The van der Waals surface area contributed by atoms with Gasteiger partial charge in [-0.15, -0.1) is 0 Å². The molecule has 3 rings (SSSR count). The van der Waals surface area contributed by atoms with Crippen molar-refractivity contribution < 1.29 is 18.0 Å². The summed E-state index contributed by atoms with van der Waals surface area (Å²) in [6.45, 7) is 0.331. The average Bonchev–Trinajstić information content (AvgIpc) is 2.64. The zero-order valence-corrected chi connectivity index (χ0v) is 13.3. The Morgan fingerprint density at radius 3 is 2.42 bits per heavy atom. The zero-order chi connectivity index (χ0) is 18.5. The molecule has 3 aromatic rings. The van der Waals surface area contributed by atoms with Crippen LogP contribution < -0.4 is 10.6 Å². The minimum absolute atomic E-state index is 0.00494. The van der Waals surface area contributed by atoms with E-state index in [1.807, 2.05) is 0 Å². The Morgan fingerprint density at radius 1 is 0.962 bits per heavy atom. The smallest absolute Gasteiger partial charge is 0.274 e. The Hall–Kier alpha value is -3.42. The lowest BCUT2D eigenvalue weighted by atomic mass is 10.2. The summed E-state index contributed by atoms with van der Waals surface area (Å²) in [6, 6.07) is 10.1. The van der Waals surface area contributed by atoms with Gasteiger partial charge in [-0.25, -0.2) is 23.1 Å². The van der Waals surface area contributed by atoms with E-state index < -0.39 is 17.5 Å². The summed E-state index contributed by atoms with van der Waals surface area (Å²) in [7, 11) is 0. The van der Waals surface area contributed by atoms with Crippen LogP contribution in [0, 0.1) is 17.5 Å². The molecule has 0 spiro atoms. The lowest BCUT2D eigenvalue weighted by Crippen LogP contribution is -2.16. The number of carbonyl (C=O) groups excluding carboxylic acids is 1. The fraction of sp³-hybridized carbons (Fsp3) is 0.0556. The third kappa shape index (κ3) is 4.35. The van der Waals surface area contributed by atoms with Gasteiger partial charge in [0.15, 0.2) is 0 Å². The second-order valence-corrected chi connectivity index (χ2v) is 5.32. The standard InChI is InChI=1S/C18H13F3N4O/c19-12-3-1-11(2-4-12)10-23-18-22-8-7-16(25-18)17(26)24-15-6-5-13(20)9-14(15)21/h1-9H,10H2,(H,24,26)(H,22,23,25). The van der Waals surface area contributed by atoms with Gasteiger partial charge < -0.3 is 10.6 Å². The van der Waals surface area contributed by atoms with Crippen LogP contribution in [0.1, 0.15) is 16.1 Å². The molecule has 1 heterocycles. The van der Waals surface area contributed by atoms with Crippen molar-refractivity contribution in [2.24, 2.45) is 0 Å². The number of nitrogens with one attached hydrogen (secondary N) is 2. The molecule has 2 N–H and O–H groups in total. The first-order valence-electron chi connectivity index (χ1n) is 7.59. The molecule has 0 aliphatic carbocycles. The van der Waals surface area contributed by atoms with Crippen LogP contribution in [-0.4, -0.2) is 15.9 Å². The number of hydrogen-bond acceptors (Lipinski definition) is 4. The van der Waals surface area contributed by atoms with E-state index in [-0.39, 0.29) is 23.1 Å². The summed E-state index contributed by atoms with van der Waals surface area (Å²) in [5.41, 5.74) is 0.652. The van der Waals surface area contributed by atoms with Crippen LogP contribution in [0.3, 0.4) is 0 Å². The molecule has 0 fully saturated rings. The van der Waals surface area contributed by atoms with Crippen molar-refractivity contribution in [1.29, 1.82) is 0 Å². The van der Waals surface area contributed by atoms with Gasteiger partial charge in [0, 0.05) is 18.8 Å². The summed E-state index contributed by atoms with van der Waals surface area (Å²) < 4.78 is 39.4. The van der Waals surface area contributed by atoms with Gasteiger partial charge in [0.25, 0.3) is 5.91 Å². The molecule has 5 nitrogen and oxygen atoms in total. The number of carbonyl (C=O) groups is 1. The number of halogens is 3. The van der Waals surface area contributed by atoms with E-state index >= 15 is 0 Å². The first-order chi connectivity index (χ1) is 12.5. The first kappa shape index (κ1) is 17.4. The van der Waals surface area contributed by atoms with E-state index in [1.54, 1.807) is 12.1 Å². The highest BCUT2D eigenvalue weighted by Crippen LogP contribution is 2.16. The van der Waals surface area contributed by atoms with Crippen LogP contribution >= 0.6 is 0 Å². The molecule has 0 saturated heterocycles. The maximum atomic E-state index is 13.6. The number of aromatic nitrogens is 2. The highest BCUT2D eigenvalue weighted by atomic mass is 19.1. The van der Waals surface area contributed by atoms with Gasteiger partial charge in [0.05, 0.1) is 5.69 Å². The monoisotopic (exact) mass is 358 g/mol. The van der Waals surface area contributed by atoms with Crippen LogP contribution in [0.2, 0.25) is 0 Å². The van der Waals surface area contributed by atoms with E-state index in [4.69, 9.17) is 0 Å². The zero-order valence-electron chi connectivity index (χ0n) is 13.3. The lowest BCUT2D eigenvalue weighted by molar-refractivity contribution is 0.102. The van der Waals surface area contributed by atoms with Gasteiger partial charge >= 0.3 is 0 Å². The van der Waals surface area contributed by atoms with Crippen LogP contribution in [-0.2, 0) is 6.54 Å². The van der Waals surface area contributed by atoms with E-state index in [9.17, 15) is 18.0 Å². The number of hydrogen-bond donors (Lipinski definition) is 2. The Morgan fingerprint density at radius 2 is 1.69 bits per heavy atom. The van der Waals surface area contributed by atoms with Crippen molar-refractivity contribution in [3.8, 4) is 0 Å². The van der Waals surface area contributed by atoms with E-state index in [1.165, 1.54) is 24.4 Å². The van der Waals surface area contributed by atoms with Crippen molar-refractivity contribution >= 4 is 17.5 Å². The maximum Gasteiger partial charge on any atom is 0.274 e. The van der Waals surface area contributed by atoms with E-state index in [2.05, 4.69) is 20.6 Å².